The number of thiophene rings is 1. The molecular weight excluding hydrogens is 338 g/mol. The first-order valence-electron chi connectivity index (χ1n) is 7.96. The van der Waals surface area contributed by atoms with Gasteiger partial charge in [-0.2, -0.15) is 5.10 Å². The monoisotopic (exact) mass is 357 g/mol. The van der Waals surface area contributed by atoms with Gasteiger partial charge in [0.15, 0.2) is 0 Å². The zero-order valence-electron chi connectivity index (χ0n) is 14.2. The molecule has 0 spiro atoms. The minimum Gasteiger partial charge on any atom is -0.480 e. The van der Waals surface area contributed by atoms with Crippen LogP contribution in [-0.4, -0.2) is 32.3 Å². The normalized spacial score (nSPS) is 13.6. The van der Waals surface area contributed by atoms with E-state index in [9.17, 15) is 14.7 Å². The van der Waals surface area contributed by atoms with E-state index in [4.69, 9.17) is 0 Å². The van der Waals surface area contributed by atoms with Crippen molar-refractivity contribution in [2.45, 2.75) is 32.7 Å². The van der Waals surface area contributed by atoms with Crippen molar-refractivity contribution in [3.05, 3.63) is 47.0 Å². The van der Waals surface area contributed by atoms with E-state index in [1.165, 1.54) is 18.3 Å². The summed E-state index contributed by atoms with van der Waals surface area (Å²) in [4.78, 5) is 25.3. The highest BCUT2D eigenvalue weighted by Crippen LogP contribution is 2.30. The number of hydrogen-bond acceptors (Lipinski definition) is 4. The number of carboxylic acid groups (broad SMARTS) is 1. The second kappa shape index (κ2) is 6.33. The summed E-state index contributed by atoms with van der Waals surface area (Å²) in [6.45, 7) is 5.14. The van der Waals surface area contributed by atoms with Gasteiger partial charge in [0, 0.05) is 5.39 Å². The number of hydrogen-bond donors (Lipinski definition) is 2. The van der Waals surface area contributed by atoms with Crippen LogP contribution in [0.2, 0.25) is 0 Å². The Kier molecular flexibility index (Phi) is 4.34. The number of carboxylic acids is 1. The van der Waals surface area contributed by atoms with Gasteiger partial charge in [0.25, 0.3) is 5.91 Å². The maximum Gasteiger partial charge on any atom is 0.329 e. The van der Waals surface area contributed by atoms with Crippen LogP contribution in [0.4, 0.5) is 0 Å². The SMILES string of the molecule is CCC(C)(NC(=O)c1cc2c(C)nn(-c3ccccc3)c2s1)C(=O)O. The summed E-state index contributed by atoms with van der Waals surface area (Å²) in [6, 6.07) is 11.5. The number of amides is 1. The molecule has 130 valence electrons. The van der Waals surface area contributed by atoms with Gasteiger partial charge < -0.3 is 10.4 Å². The number of carbonyl (C=O) groups is 2. The van der Waals surface area contributed by atoms with E-state index < -0.39 is 11.5 Å². The molecule has 0 aliphatic heterocycles. The zero-order chi connectivity index (χ0) is 18.2. The molecule has 6 nitrogen and oxygen atoms in total. The molecule has 1 atom stereocenters. The minimum atomic E-state index is -1.28. The Hall–Kier alpha value is -2.67. The van der Waals surface area contributed by atoms with Crippen LogP contribution < -0.4 is 5.32 Å². The topological polar surface area (TPSA) is 84.2 Å². The lowest BCUT2D eigenvalue weighted by Gasteiger charge is -2.24. The van der Waals surface area contributed by atoms with E-state index in [1.807, 2.05) is 41.9 Å². The number of aliphatic carboxylic acids is 1. The highest BCUT2D eigenvalue weighted by molar-refractivity contribution is 7.20. The van der Waals surface area contributed by atoms with E-state index in [0.717, 1.165) is 21.6 Å². The van der Waals surface area contributed by atoms with E-state index in [1.54, 1.807) is 13.0 Å². The first-order valence-corrected chi connectivity index (χ1v) is 8.78. The van der Waals surface area contributed by atoms with Gasteiger partial charge in [0.05, 0.1) is 16.3 Å². The molecule has 3 aromatic rings. The standard InChI is InChI=1S/C18H19N3O3S/c1-4-18(3,17(23)24)19-15(22)14-10-13-11(2)20-21(16(13)25-14)12-8-6-5-7-9-12/h5-10H,4H2,1-3H3,(H,19,22)(H,23,24). The molecular formula is C18H19N3O3S. The van der Waals surface area contributed by atoms with Crippen molar-refractivity contribution in [3.8, 4) is 5.69 Å². The number of nitrogens with one attached hydrogen (secondary N) is 1. The smallest absolute Gasteiger partial charge is 0.329 e. The Balaban J connectivity index is 2.00. The third-order valence-electron chi connectivity index (χ3n) is 4.34. The molecule has 1 amide bonds. The molecule has 0 aliphatic carbocycles. The Morgan fingerprint density at radius 3 is 2.60 bits per heavy atom. The summed E-state index contributed by atoms with van der Waals surface area (Å²) < 4.78 is 1.81. The lowest BCUT2D eigenvalue weighted by Crippen LogP contribution is -2.51. The predicted molar refractivity (Wildman–Crippen MR) is 97.5 cm³/mol. The number of carbonyl (C=O) groups excluding carboxylic acids is 1. The molecule has 2 N–H and O–H groups in total. The maximum absolute atomic E-state index is 12.6. The van der Waals surface area contributed by atoms with Crippen LogP contribution in [0.5, 0.6) is 0 Å². The van der Waals surface area contributed by atoms with E-state index in [-0.39, 0.29) is 5.91 Å². The van der Waals surface area contributed by atoms with Gasteiger partial charge in [-0.1, -0.05) is 25.1 Å². The molecule has 0 bridgehead atoms. The molecule has 25 heavy (non-hydrogen) atoms. The summed E-state index contributed by atoms with van der Waals surface area (Å²) in [7, 11) is 0. The number of nitrogens with zero attached hydrogens (tertiary/aromatic N) is 2. The number of para-hydroxylation sites is 1. The fraction of sp³-hybridized carbons (Fsp3) is 0.278. The van der Waals surface area contributed by atoms with E-state index >= 15 is 0 Å². The summed E-state index contributed by atoms with van der Waals surface area (Å²) in [5.74, 6) is -1.43. The largest absolute Gasteiger partial charge is 0.480 e. The van der Waals surface area contributed by atoms with Crippen molar-refractivity contribution in [1.82, 2.24) is 15.1 Å². The second-order valence-corrected chi connectivity index (χ2v) is 7.14. The number of benzene rings is 1. The highest BCUT2D eigenvalue weighted by Gasteiger charge is 2.33. The lowest BCUT2D eigenvalue weighted by molar-refractivity contribution is -0.143. The third kappa shape index (κ3) is 3.02. The molecule has 0 saturated carbocycles. The molecule has 0 saturated heterocycles. The summed E-state index contributed by atoms with van der Waals surface area (Å²) in [5, 5.41) is 17.4. The van der Waals surface area contributed by atoms with Gasteiger partial charge in [-0.25, -0.2) is 9.48 Å². The molecule has 0 radical (unpaired) electrons. The Morgan fingerprint density at radius 2 is 2.00 bits per heavy atom. The molecule has 1 unspecified atom stereocenters. The van der Waals surface area contributed by atoms with Crippen LogP contribution in [-0.2, 0) is 4.79 Å². The highest BCUT2D eigenvalue weighted by atomic mass is 32.1. The average Bonchev–Trinajstić information content (AvgIpc) is 3.16. The first kappa shape index (κ1) is 17.2. The molecule has 2 aromatic heterocycles. The maximum atomic E-state index is 12.6. The van der Waals surface area contributed by atoms with Gasteiger partial charge >= 0.3 is 5.97 Å². The van der Waals surface area contributed by atoms with Gasteiger partial charge in [-0.3, -0.25) is 4.79 Å². The van der Waals surface area contributed by atoms with Crippen LogP contribution >= 0.6 is 11.3 Å². The Labute approximate surface area is 149 Å². The van der Waals surface area contributed by atoms with Gasteiger partial charge in [0.1, 0.15) is 10.4 Å². The second-order valence-electron chi connectivity index (χ2n) is 6.11. The quantitative estimate of drug-likeness (QED) is 0.733. The fourth-order valence-corrected chi connectivity index (χ4v) is 3.59. The molecule has 2 heterocycles. The van der Waals surface area contributed by atoms with Crippen molar-refractivity contribution >= 4 is 33.4 Å². The van der Waals surface area contributed by atoms with E-state index in [0.29, 0.717) is 11.3 Å². The van der Waals surface area contributed by atoms with Crippen LogP contribution in [0.3, 0.4) is 0 Å². The number of aryl methyl sites for hydroxylation is 1. The molecule has 1 aromatic carbocycles. The molecule has 0 aliphatic rings. The molecule has 3 rings (SSSR count). The molecule has 7 heteroatoms. The van der Waals surface area contributed by atoms with Gasteiger partial charge in [-0.15, -0.1) is 11.3 Å². The van der Waals surface area contributed by atoms with E-state index in [2.05, 4.69) is 10.4 Å². The van der Waals surface area contributed by atoms with Crippen LogP contribution in [0.15, 0.2) is 36.4 Å². The Bertz CT molecular complexity index is 945. The van der Waals surface area contributed by atoms with Crippen molar-refractivity contribution < 1.29 is 14.7 Å². The fourth-order valence-electron chi connectivity index (χ4n) is 2.51. The lowest BCUT2D eigenvalue weighted by atomic mass is 9.99. The van der Waals surface area contributed by atoms with Crippen molar-refractivity contribution in [1.29, 1.82) is 0 Å². The third-order valence-corrected chi connectivity index (χ3v) is 5.45. The Morgan fingerprint density at radius 1 is 1.32 bits per heavy atom. The van der Waals surface area contributed by atoms with Crippen molar-refractivity contribution in [2.75, 3.05) is 0 Å². The summed E-state index contributed by atoms with van der Waals surface area (Å²) in [5.41, 5.74) is 0.456. The van der Waals surface area contributed by atoms with Crippen LogP contribution in [0, 0.1) is 6.92 Å². The van der Waals surface area contributed by atoms with Crippen molar-refractivity contribution in [2.24, 2.45) is 0 Å². The zero-order valence-corrected chi connectivity index (χ0v) is 15.1. The average molecular weight is 357 g/mol. The minimum absolute atomic E-state index is 0.301. The van der Waals surface area contributed by atoms with Gasteiger partial charge in [0.2, 0.25) is 0 Å². The first-order chi connectivity index (χ1) is 11.9. The van der Waals surface area contributed by atoms with Crippen molar-refractivity contribution in [3.63, 3.8) is 0 Å². The van der Waals surface area contributed by atoms with Gasteiger partial charge in [-0.05, 0) is 38.5 Å². The molecule has 0 fully saturated rings. The predicted octanol–water partition coefficient (Wildman–Crippen LogP) is 3.38. The summed E-state index contributed by atoms with van der Waals surface area (Å²) in [6.07, 6.45) is 0.301. The number of aromatic nitrogens is 2. The van der Waals surface area contributed by atoms with Crippen LogP contribution in [0.25, 0.3) is 15.9 Å². The number of rotatable bonds is 5. The van der Waals surface area contributed by atoms with Crippen LogP contribution in [0.1, 0.15) is 35.6 Å². The number of fused-ring (bicyclic) bond motifs is 1. The summed E-state index contributed by atoms with van der Waals surface area (Å²) >= 11 is 1.31.